The molecule has 5 rings (SSSR count). The zero-order chi connectivity index (χ0) is 23.4. The Morgan fingerprint density at radius 1 is 1.15 bits per heavy atom. The van der Waals surface area contributed by atoms with Crippen molar-refractivity contribution in [2.45, 2.75) is 45.3 Å². The maximum Gasteiger partial charge on any atom is 0.405 e. The monoisotopic (exact) mass is 455 g/mol. The molecule has 4 nitrogen and oxygen atoms in total. The Labute approximate surface area is 187 Å². The highest BCUT2D eigenvalue weighted by atomic mass is 19.4. The van der Waals surface area contributed by atoms with Crippen LogP contribution < -0.4 is 10.6 Å². The summed E-state index contributed by atoms with van der Waals surface area (Å²) < 4.78 is 56.3. The van der Waals surface area contributed by atoms with Crippen LogP contribution in [0.4, 0.5) is 29.1 Å². The summed E-state index contributed by atoms with van der Waals surface area (Å²) in [6, 6.07) is 9.82. The third-order valence-corrected chi connectivity index (χ3v) is 6.49. The fraction of sp³-hybridized carbons (Fsp3) is 0.360. The highest BCUT2D eigenvalue weighted by molar-refractivity contribution is 5.93. The first-order valence-corrected chi connectivity index (χ1v) is 10.9. The summed E-state index contributed by atoms with van der Waals surface area (Å²) in [7, 11) is 0. The van der Waals surface area contributed by atoms with Crippen LogP contribution in [-0.2, 0) is 13.0 Å². The van der Waals surface area contributed by atoms with Gasteiger partial charge < -0.3 is 4.90 Å². The van der Waals surface area contributed by atoms with E-state index < -0.39 is 23.1 Å². The van der Waals surface area contributed by atoms with Gasteiger partial charge in [0.2, 0.25) is 0 Å². The molecule has 2 aliphatic rings. The molecule has 1 fully saturated rings. The Morgan fingerprint density at radius 3 is 2.61 bits per heavy atom. The first kappa shape index (κ1) is 21.5. The average molecular weight is 455 g/mol. The quantitative estimate of drug-likeness (QED) is 0.387. The summed E-state index contributed by atoms with van der Waals surface area (Å²) in [5, 5.41) is 0.247. The van der Waals surface area contributed by atoms with Crippen LogP contribution in [0.1, 0.15) is 37.3 Å². The highest BCUT2D eigenvalue weighted by Crippen LogP contribution is 2.57. The van der Waals surface area contributed by atoms with Crippen molar-refractivity contribution in [3.05, 3.63) is 63.8 Å². The molecule has 0 radical (unpaired) electrons. The van der Waals surface area contributed by atoms with Crippen LogP contribution in [0, 0.1) is 23.1 Å². The molecule has 170 valence electrons. The number of nitrogens with zero attached hydrogens (tertiary/aromatic N) is 3. The van der Waals surface area contributed by atoms with Crippen molar-refractivity contribution in [1.29, 1.82) is 0 Å². The van der Waals surface area contributed by atoms with E-state index in [4.69, 9.17) is 0 Å². The molecule has 0 amide bonds. The Bertz CT molecular complexity index is 1380. The summed E-state index contributed by atoms with van der Waals surface area (Å²) >= 11 is 0. The topological polar surface area (TPSA) is 38.1 Å². The Hall–Kier alpha value is -3.34. The first-order valence-electron chi connectivity index (χ1n) is 10.9. The van der Waals surface area contributed by atoms with Crippen LogP contribution in [0.15, 0.2) is 41.2 Å². The van der Waals surface area contributed by atoms with Crippen LogP contribution in [-0.4, -0.2) is 22.3 Å². The minimum absolute atomic E-state index is 0.0214. The fourth-order valence-corrected chi connectivity index (χ4v) is 4.52. The lowest BCUT2D eigenvalue weighted by atomic mass is 9.95. The van der Waals surface area contributed by atoms with Gasteiger partial charge in [-0.2, -0.15) is 18.2 Å². The van der Waals surface area contributed by atoms with Crippen molar-refractivity contribution < 1.29 is 17.6 Å². The number of rotatable bonds is 2. The van der Waals surface area contributed by atoms with Crippen molar-refractivity contribution in [2.24, 2.45) is 5.41 Å². The maximum atomic E-state index is 15.0. The van der Waals surface area contributed by atoms with Crippen molar-refractivity contribution in [3.63, 3.8) is 0 Å². The molecule has 0 saturated heterocycles. The van der Waals surface area contributed by atoms with Crippen LogP contribution >= 0.6 is 0 Å². The van der Waals surface area contributed by atoms with E-state index in [9.17, 15) is 22.4 Å². The van der Waals surface area contributed by atoms with Gasteiger partial charge in [0, 0.05) is 24.3 Å². The largest absolute Gasteiger partial charge is 0.405 e. The van der Waals surface area contributed by atoms with Gasteiger partial charge in [-0.15, -0.1) is 0 Å². The number of aromatic nitrogens is 2. The molecule has 0 atom stereocenters. The first-order chi connectivity index (χ1) is 15.8. The number of anilines is 2. The summed E-state index contributed by atoms with van der Waals surface area (Å²) in [6.07, 6.45) is -3.00. The number of hydrogen-bond donors (Lipinski definition) is 0. The third-order valence-electron chi connectivity index (χ3n) is 6.49. The molecule has 8 heteroatoms. The Morgan fingerprint density at radius 2 is 1.91 bits per heavy atom. The molecular formula is C25H21F4N3O. The number of hydrogen-bond acceptors (Lipinski definition) is 3. The van der Waals surface area contributed by atoms with Gasteiger partial charge in [-0.1, -0.05) is 24.0 Å². The van der Waals surface area contributed by atoms with Crippen LogP contribution in [0.2, 0.25) is 0 Å². The molecule has 0 bridgehead atoms. The van der Waals surface area contributed by atoms with Crippen molar-refractivity contribution >= 4 is 22.4 Å². The van der Waals surface area contributed by atoms with Crippen LogP contribution in [0.5, 0.6) is 0 Å². The second kappa shape index (κ2) is 7.62. The molecule has 0 spiro atoms. The molecule has 0 unspecified atom stereocenters. The van der Waals surface area contributed by atoms with Gasteiger partial charge in [0.05, 0.1) is 10.9 Å². The van der Waals surface area contributed by atoms with Crippen LogP contribution in [0.3, 0.4) is 0 Å². The van der Waals surface area contributed by atoms with Gasteiger partial charge in [0.15, 0.2) is 5.82 Å². The van der Waals surface area contributed by atoms with E-state index in [1.165, 1.54) is 10.6 Å². The molecule has 2 aromatic carbocycles. The molecule has 2 heterocycles. The molecular weight excluding hydrogens is 434 g/mol. The van der Waals surface area contributed by atoms with Crippen LogP contribution in [0.25, 0.3) is 10.9 Å². The van der Waals surface area contributed by atoms with Gasteiger partial charge in [0.25, 0.3) is 0 Å². The summed E-state index contributed by atoms with van der Waals surface area (Å²) in [5.74, 6) is 4.98. The maximum absolute atomic E-state index is 15.0. The Balaban J connectivity index is 1.66. The number of benzene rings is 2. The van der Waals surface area contributed by atoms with E-state index in [1.54, 1.807) is 36.1 Å². The third kappa shape index (κ3) is 3.47. The normalized spacial score (nSPS) is 16.8. The summed E-state index contributed by atoms with van der Waals surface area (Å²) in [5.41, 5.74) is 0.0801. The van der Waals surface area contributed by atoms with Crippen molar-refractivity contribution in [3.8, 4) is 11.8 Å². The summed E-state index contributed by atoms with van der Waals surface area (Å²) in [6.45, 7) is 2.65. The van der Waals surface area contributed by atoms with E-state index >= 15 is 0 Å². The van der Waals surface area contributed by atoms with Gasteiger partial charge >= 0.3 is 11.9 Å². The second-order valence-corrected chi connectivity index (χ2v) is 8.48. The smallest absolute Gasteiger partial charge is 0.325 e. The average Bonchev–Trinajstić information content (AvgIpc) is 3.58. The molecule has 1 saturated carbocycles. The molecule has 0 N–H and O–H groups in total. The Kier molecular flexibility index (Phi) is 4.96. The molecule has 1 aromatic heterocycles. The number of fused-ring (bicyclic) bond motifs is 2. The molecule has 1 aliphatic heterocycles. The molecule has 1 aliphatic carbocycles. The predicted molar refractivity (Wildman–Crippen MR) is 118 cm³/mol. The van der Waals surface area contributed by atoms with E-state index in [0.717, 1.165) is 5.56 Å². The molecule has 33 heavy (non-hydrogen) atoms. The lowest BCUT2D eigenvalue weighted by molar-refractivity contribution is -0.168. The number of alkyl halides is 3. The lowest BCUT2D eigenvalue weighted by Gasteiger charge is -2.32. The number of halogens is 4. The standard InChI is InChI=1S/C25H21F4N3O/c1-2-31-20-10-4-8-18(26)21(20)22(30-23(31)33)32-15-5-7-17-16(6-3-9-19(17)32)11-12-24(13-14-24)25(27,28)29/h3-4,6,8-10H,2,5,7,13-15H2,1H3. The van der Waals surface area contributed by atoms with E-state index in [0.29, 0.717) is 42.7 Å². The minimum Gasteiger partial charge on any atom is -0.325 e. The summed E-state index contributed by atoms with van der Waals surface area (Å²) in [4.78, 5) is 18.7. The van der Waals surface area contributed by atoms with Gasteiger partial charge in [-0.3, -0.25) is 4.57 Å². The van der Waals surface area contributed by atoms with Crippen molar-refractivity contribution in [2.75, 3.05) is 11.4 Å². The van der Waals surface area contributed by atoms with Gasteiger partial charge in [0.1, 0.15) is 11.2 Å². The zero-order valence-corrected chi connectivity index (χ0v) is 18.0. The molecule has 3 aromatic rings. The predicted octanol–water partition coefficient (Wildman–Crippen LogP) is 5.33. The van der Waals surface area contributed by atoms with Gasteiger partial charge in [-0.25, -0.2) is 9.18 Å². The van der Waals surface area contributed by atoms with Crippen molar-refractivity contribution in [1.82, 2.24) is 9.55 Å². The van der Waals surface area contributed by atoms with E-state index in [-0.39, 0.29) is 24.0 Å². The van der Waals surface area contributed by atoms with E-state index in [1.807, 2.05) is 6.07 Å². The SMILES string of the molecule is CCn1c(=O)nc(N2CCCc3c(C#CC4(C(F)(F)F)CC4)cccc32)c2c(F)cccc21. The highest BCUT2D eigenvalue weighted by Gasteiger charge is 2.62. The van der Waals surface area contributed by atoms with Gasteiger partial charge in [-0.05, 0) is 62.4 Å². The fourth-order valence-electron chi connectivity index (χ4n) is 4.52. The zero-order valence-electron chi connectivity index (χ0n) is 18.0. The number of aryl methyl sites for hydroxylation is 1. The van der Waals surface area contributed by atoms with E-state index in [2.05, 4.69) is 16.8 Å². The second-order valence-electron chi connectivity index (χ2n) is 8.48. The minimum atomic E-state index is -4.34. The lowest BCUT2D eigenvalue weighted by Crippen LogP contribution is -2.31.